The number of esters is 1. The summed E-state index contributed by atoms with van der Waals surface area (Å²) in [5.74, 6) is -1.11. The van der Waals surface area contributed by atoms with Crippen LogP contribution in [0.3, 0.4) is 0 Å². The van der Waals surface area contributed by atoms with Gasteiger partial charge >= 0.3 is 5.97 Å². The van der Waals surface area contributed by atoms with Crippen molar-refractivity contribution < 1.29 is 14.6 Å². The molecule has 1 rings (SSSR count). The first-order valence-electron chi connectivity index (χ1n) is 7.27. The summed E-state index contributed by atoms with van der Waals surface area (Å²) in [6, 6.07) is 8.11. The third-order valence-corrected chi connectivity index (χ3v) is 4.07. The van der Waals surface area contributed by atoms with Crippen LogP contribution in [0.1, 0.15) is 51.2 Å². The fourth-order valence-electron chi connectivity index (χ4n) is 2.59. The molecule has 0 spiro atoms. The molecular weight excluding hydrogens is 252 g/mol. The van der Waals surface area contributed by atoms with Crippen LogP contribution in [0.2, 0.25) is 0 Å². The van der Waals surface area contributed by atoms with E-state index in [2.05, 4.69) is 19.1 Å². The van der Waals surface area contributed by atoms with Crippen molar-refractivity contribution >= 4 is 5.97 Å². The van der Waals surface area contributed by atoms with Gasteiger partial charge < -0.3 is 9.84 Å². The summed E-state index contributed by atoms with van der Waals surface area (Å²) in [5.41, 5.74) is 0.724. The summed E-state index contributed by atoms with van der Waals surface area (Å²) < 4.78 is 4.79. The summed E-state index contributed by atoms with van der Waals surface area (Å²) >= 11 is 0. The maximum atomic E-state index is 12.0. The Bertz CT molecular complexity index is 436. The number of ether oxygens (including phenoxy) is 1. The van der Waals surface area contributed by atoms with Crippen LogP contribution in [0.5, 0.6) is 0 Å². The monoisotopic (exact) mass is 278 g/mol. The predicted molar refractivity (Wildman–Crippen MR) is 80.7 cm³/mol. The van der Waals surface area contributed by atoms with Crippen molar-refractivity contribution in [2.75, 3.05) is 7.11 Å². The molecule has 0 saturated carbocycles. The summed E-state index contributed by atoms with van der Waals surface area (Å²) in [6.07, 6.45) is 2.15. The number of aryl methyl sites for hydroxylation is 1. The average Bonchev–Trinajstić information content (AvgIpc) is 2.45. The largest absolute Gasteiger partial charge is 0.467 e. The molecule has 0 heterocycles. The first-order chi connectivity index (χ1) is 9.37. The predicted octanol–water partition coefficient (Wildman–Crippen LogP) is 3.30. The molecule has 0 bridgehead atoms. The molecule has 0 aliphatic rings. The molecule has 112 valence electrons. The van der Waals surface area contributed by atoms with Crippen molar-refractivity contribution in [1.82, 2.24) is 0 Å². The number of aliphatic hydroxyl groups is 1. The second kappa shape index (κ2) is 6.89. The van der Waals surface area contributed by atoms with E-state index in [1.54, 1.807) is 0 Å². The highest BCUT2D eigenvalue weighted by Crippen LogP contribution is 2.35. The lowest BCUT2D eigenvalue weighted by Crippen LogP contribution is -2.49. The maximum Gasteiger partial charge on any atom is 0.338 e. The molecule has 2 unspecified atom stereocenters. The highest BCUT2D eigenvalue weighted by atomic mass is 16.5. The standard InChI is InChI=1S/C17H26O3/c1-6-7-14-8-10-15(11-9-14)13(4)17(19,12(2)3)16(18)20-5/h8-13,19H,6-7H2,1-5H3. The van der Waals surface area contributed by atoms with Gasteiger partial charge in [0.25, 0.3) is 0 Å². The number of rotatable bonds is 6. The second-order valence-corrected chi connectivity index (χ2v) is 5.68. The first kappa shape index (κ1) is 16.7. The number of carbonyl (C=O) groups is 1. The van der Waals surface area contributed by atoms with Gasteiger partial charge in [0.05, 0.1) is 7.11 Å². The number of methoxy groups -OCH3 is 1. The Morgan fingerprint density at radius 1 is 1.25 bits per heavy atom. The van der Waals surface area contributed by atoms with E-state index in [9.17, 15) is 9.90 Å². The van der Waals surface area contributed by atoms with E-state index in [1.807, 2.05) is 32.9 Å². The van der Waals surface area contributed by atoms with Gasteiger partial charge in [0, 0.05) is 5.92 Å². The van der Waals surface area contributed by atoms with Crippen LogP contribution in [-0.4, -0.2) is 23.8 Å². The summed E-state index contributed by atoms with van der Waals surface area (Å²) in [6.45, 7) is 7.68. The van der Waals surface area contributed by atoms with E-state index >= 15 is 0 Å². The smallest absolute Gasteiger partial charge is 0.338 e. The Balaban J connectivity index is 3.06. The van der Waals surface area contributed by atoms with Crippen molar-refractivity contribution in [1.29, 1.82) is 0 Å². The molecule has 0 fully saturated rings. The number of hydrogen-bond donors (Lipinski definition) is 1. The molecule has 0 aliphatic heterocycles. The van der Waals surface area contributed by atoms with Crippen LogP contribution in [-0.2, 0) is 16.0 Å². The first-order valence-corrected chi connectivity index (χ1v) is 7.27. The van der Waals surface area contributed by atoms with Gasteiger partial charge in [0.1, 0.15) is 0 Å². The van der Waals surface area contributed by atoms with Gasteiger partial charge in [-0.15, -0.1) is 0 Å². The van der Waals surface area contributed by atoms with E-state index < -0.39 is 11.6 Å². The summed E-state index contributed by atoms with van der Waals surface area (Å²) in [7, 11) is 1.31. The molecular formula is C17H26O3. The minimum atomic E-state index is -1.50. The van der Waals surface area contributed by atoms with Crippen molar-refractivity contribution in [2.24, 2.45) is 5.92 Å². The highest BCUT2D eigenvalue weighted by Gasteiger charge is 2.46. The fourth-order valence-corrected chi connectivity index (χ4v) is 2.59. The molecule has 0 radical (unpaired) electrons. The molecule has 0 aliphatic carbocycles. The Kier molecular flexibility index (Phi) is 5.75. The van der Waals surface area contributed by atoms with E-state index in [4.69, 9.17) is 4.74 Å². The third-order valence-electron chi connectivity index (χ3n) is 4.07. The summed E-state index contributed by atoms with van der Waals surface area (Å²) in [4.78, 5) is 12.0. The van der Waals surface area contributed by atoms with Gasteiger partial charge in [-0.05, 0) is 23.5 Å². The van der Waals surface area contributed by atoms with Crippen LogP contribution in [0.15, 0.2) is 24.3 Å². The van der Waals surface area contributed by atoms with Crippen LogP contribution in [0.25, 0.3) is 0 Å². The zero-order valence-corrected chi connectivity index (χ0v) is 13.1. The molecule has 0 saturated heterocycles. The fraction of sp³-hybridized carbons (Fsp3) is 0.588. The van der Waals surface area contributed by atoms with Gasteiger partial charge in [-0.25, -0.2) is 4.79 Å². The number of hydrogen-bond acceptors (Lipinski definition) is 3. The van der Waals surface area contributed by atoms with Crippen LogP contribution >= 0.6 is 0 Å². The van der Waals surface area contributed by atoms with Gasteiger partial charge in [0.15, 0.2) is 5.60 Å². The van der Waals surface area contributed by atoms with Gasteiger partial charge in [-0.2, -0.15) is 0 Å². The van der Waals surface area contributed by atoms with E-state index in [-0.39, 0.29) is 11.8 Å². The number of benzene rings is 1. The van der Waals surface area contributed by atoms with E-state index in [1.165, 1.54) is 12.7 Å². The number of carbonyl (C=O) groups excluding carboxylic acids is 1. The van der Waals surface area contributed by atoms with E-state index in [0.29, 0.717) is 0 Å². The van der Waals surface area contributed by atoms with Crippen molar-refractivity contribution in [3.05, 3.63) is 35.4 Å². The lowest BCUT2D eigenvalue weighted by Gasteiger charge is -2.35. The molecule has 3 heteroatoms. The lowest BCUT2D eigenvalue weighted by atomic mass is 9.76. The Hall–Kier alpha value is -1.35. The topological polar surface area (TPSA) is 46.5 Å². The molecule has 1 aromatic carbocycles. The van der Waals surface area contributed by atoms with Gasteiger partial charge in [0.2, 0.25) is 0 Å². The Morgan fingerprint density at radius 2 is 1.80 bits per heavy atom. The molecule has 0 aromatic heterocycles. The van der Waals surface area contributed by atoms with Gasteiger partial charge in [-0.3, -0.25) is 0 Å². The minimum absolute atomic E-state index is 0.222. The van der Waals surface area contributed by atoms with Crippen LogP contribution in [0, 0.1) is 5.92 Å². The molecule has 20 heavy (non-hydrogen) atoms. The molecule has 1 N–H and O–H groups in total. The van der Waals surface area contributed by atoms with Gasteiger partial charge in [-0.1, -0.05) is 58.4 Å². The van der Waals surface area contributed by atoms with Crippen molar-refractivity contribution in [3.63, 3.8) is 0 Å². The van der Waals surface area contributed by atoms with Crippen LogP contribution < -0.4 is 0 Å². The molecule has 3 nitrogen and oxygen atoms in total. The normalized spacial score (nSPS) is 15.8. The third kappa shape index (κ3) is 3.21. The lowest BCUT2D eigenvalue weighted by molar-refractivity contribution is -0.170. The Labute approximate surface area is 122 Å². The molecule has 2 atom stereocenters. The molecule has 1 aromatic rings. The second-order valence-electron chi connectivity index (χ2n) is 5.68. The SMILES string of the molecule is CCCc1ccc(C(C)C(O)(C(=O)OC)C(C)C)cc1. The zero-order valence-electron chi connectivity index (χ0n) is 13.1. The van der Waals surface area contributed by atoms with E-state index in [0.717, 1.165) is 18.4 Å². The van der Waals surface area contributed by atoms with Crippen molar-refractivity contribution in [2.45, 2.75) is 52.1 Å². The average molecular weight is 278 g/mol. The zero-order chi connectivity index (χ0) is 15.3. The Morgan fingerprint density at radius 3 is 2.20 bits per heavy atom. The molecule has 0 amide bonds. The minimum Gasteiger partial charge on any atom is -0.467 e. The highest BCUT2D eigenvalue weighted by molar-refractivity contribution is 5.81. The summed E-state index contributed by atoms with van der Waals surface area (Å²) in [5, 5.41) is 10.8. The van der Waals surface area contributed by atoms with Crippen molar-refractivity contribution in [3.8, 4) is 0 Å². The maximum absolute atomic E-state index is 12.0. The van der Waals surface area contributed by atoms with Crippen LogP contribution in [0.4, 0.5) is 0 Å². The quantitative estimate of drug-likeness (QED) is 0.812.